The van der Waals surface area contributed by atoms with Crippen LogP contribution in [-0.2, 0) is 6.18 Å². The molecule has 2 rings (SSSR count). The van der Waals surface area contributed by atoms with Crippen molar-refractivity contribution in [1.82, 2.24) is 9.97 Å². The van der Waals surface area contributed by atoms with Crippen LogP contribution in [0.25, 0.3) is 11.3 Å². The van der Waals surface area contributed by atoms with Crippen molar-refractivity contribution >= 4 is 23.4 Å². The molecule has 0 spiro atoms. The number of rotatable bonds is 2. The van der Waals surface area contributed by atoms with Crippen molar-refractivity contribution in [2.75, 3.05) is 6.26 Å². The van der Waals surface area contributed by atoms with Gasteiger partial charge in [-0.05, 0) is 18.4 Å². The number of nitrogens with zero attached hydrogens (tertiary/aromatic N) is 2. The highest BCUT2D eigenvalue weighted by molar-refractivity contribution is 7.98. The molecule has 0 fully saturated rings. The Morgan fingerprint density at radius 1 is 1.16 bits per heavy atom. The summed E-state index contributed by atoms with van der Waals surface area (Å²) in [5, 5.41) is 0.617. The molecule has 0 radical (unpaired) electrons. The summed E-state index contributed by atoms with van der Waals surface area (Å²) < 4.78 is 37.9. The van der Waals surface area contributed by atoms with E-state index in [1.54, 1.807) is 12.3 Å². The van der Waals surface area contributed by atoms with Crippen LogP contribution in [0, 0.1) is 0 Å². The minimum atomic E-state index is -4.38. The summed E-state index contributed by atoms with van der Waals surface area (Å²) in [6, 6.07) is 6.40. The standard InChI is InChI=1S/C12H8ClF3N2S/c1-19-11-17-9(6-10(13)18-11)7-3-2-4-8(5-7)12(14,15)16/h2-6H,1H3. The summed E-state index contributed by atoms with van der Waals surface area (Å²) in [7, 11) is 0. The third-order valence-corrected chi connectivity index (χ3v) is 3.08. The predicted octanol–water partition coefficient (Wildman–Crippen LogP) is 4.54. The lowest BCUT2D eigenvalue weighted by Crippen LogP contribution is -2.04. The van der Waals surface area contributed by atoms with Crippen molar-refractivity contribution < 1.29 is 13.2 Å². The van der Waals surface area contributed by atoms with Gasteiger partial charge in [-0.1, -0.05) is 35.5 Å². The molecule has 2 nitrogen and oxygen atoms in total. The summed E-state index contributed by atoms with van der Waals surface area (Å²) in [5.74, 6) is 0. The number of hydrogen-bond donors (Lipinski definition) is 0. The zero-order valence-electron chi connectivity index (χ0n) is 9.70. The molecule has 1 heterocycles. The van der Waals surface area contributed by atoms with Crippen molar-refractivity contribution in [2.45, 2.75) is 11.3 Å². The summed E-state index contributed by atoms with van der Waals surface area (Å²) in [6.45, 7) is 0. The van der Waals surface area contributed by atoms with Gasteiger partial charge in [0.15, 0.2) is 5.16 Å². The Balaban J connectivity index is 2.50. The fourth-order valence-corrected chi connectivity index (χ4v) is 2.10. The lowest BCUT2D eigenvalue weighted by molar-refractivity contribution is -0.137. The van der Waals surface area contributed by atoms with Crippen molar-refractivity contribution in [1.29, 1.82) is 0 Å². The first kappa shape index (κ1) is 14.1. The molecule has 0 aliphatic rings. The van der Waals surface area contributed by atoms with Crippen LogP contribution in [0.3, 0.4) is 0 Å². The molecule has 0 amide bonds. The van der Waals surface area contributed by atoms with E-state index in [1.165, 1.54) is 23.9 Å². The highest BCUT2D eigenvalue weighted by Crippen LogP contribution is 2.32. The molecule has 0 aliphatic heterocycles. The third-order valence-electron chi connectivity index (χ3n) is 2.34. The van der Waals surface area contributed by atoms with Gasteiger partial charge in [0.25, 0.3) is 0 Å². The van der Waals surface area contributed by atoms with Gasteiger partial charge in [-0.25, -0.2) is 9.97 Å². The van der Waals surface area contributed by atoms with Crippen molar-refractivity contribution in [2.24, 2.45) is 0 Å². The second-order valence-electron chi connectivity index (χ2n) is 3.64. The van der Waals surface area contributed by atoms with E-state index in [2.05, 4.69) is 9.97 Å². The Morgan fingerprint density at radius 2 is 1.89 bits per heavy atom. The third kappa shape index (κ3) is 3.39. The van der Waals surface area contributed by atoms with Crippen LogP contribution in [0.2, 0.25) is 5.15 Å². The number of aromatic nitrogens is 2. The maximum atomic E-state index is 12.6. The lowest BCUT2D eigenvalue weighted by atomic mass is 10.1. The van der Waals surface area contributed by atoms with E-state index in [-0.39, 0.29) is 5.15 Å². The van der Waals surface area contributed by atoms with Crippen LogP contribution >= 0.6 is 23.4 Å². The average Bonchev–Trinajstić information content (AvgIpc) is 2.37. The van der Waals surface area contributed by atoms with E-state index >= 15 is 0 Å². The maximum absolute atomic E-state index is 12.6. The molecule has 0 aliphatic carbocycles. The van der Waals surface area contributed by atoms with Crippen LogP contribution in [0.4, 0.5) is 13.2 Å². The zero-order chi connectivity index (χ0) is 14.0. The van der Waals surface area contributed by atoms with Gasteiger partial charge in [0.05, 0.1) is 11.3 Å². The van der Waals surface area contributed by atoms with Crippen molar-refractivity contribution in [3.8, 4) is 11.3 Å². The zero-order valence-corrected chi connectivity index (χ0v) is 11.3. The molecule has 0 saturated carbocycles. The normalized spacial score (nSPS) is 11.6. The summed E-state index contributed by atoms with van der Waals surface area (Å²) >= 11 is 7.09. The molecule has 2 aromatic rings. The second kappa shape index (κ2) is 5.38. The van der Waals surface area contributed by atoms with Gasteiger partial charge in [-0.2, -0.15) is 13.2 Å². The van der Waals surface area contributed by atoms with E-state index in [0.29, 0.717) is 16.4 Å². The van der Waals surface area contributed by atoms with Gasteiger partial charge in [0.2, 0.25) is 0 Å². The molecular formula is C12H8ClF3N2S. The van der Waals surface area contributed by atoms with Crippen molar-refractivity contribution in [3.63, 3.8) is 0 Å². The summed E-state index contributed by atoms with van der Waals surface area (Å²) in [5.41, 5.74) is 0.00955. The van der Waals surface area contributed by atoms with Gasteiger partial charge in [-0.3, -0.25) is 0 Å². The molecular weight excluding hydrogens is 297 g/mol. The highest BCUT2D eigenvalue weighted by atomic mass is 35.5. The van der Waals surface area contributed by atoms with Gasteiger partial charge in [-0.15, -0.1) is 0 Å². The van der Waals surface area contributed by atoms with Gasteiger partial charge in [0.1, 0.15) is 5.15 Å². The first-order valence-corrected chi connectivity index (χ1v) is 6.76. The Kier molecular flexibility index (Phi) is 4.01. The second-order valence-corrected chi connectivity index (χ2v) is 4.80. The van der Waals surface area contributed by atoms with Crippen LogP contribution in [0.15, 0.2) is 35.5 Å². The Morgan fingerprint density at radius 3 is 2.53 bits per heavy atom. The van der Waals surface area contributed by atoms with E-state index in [1.807, 2.05) is 0 Å². The first-order valence-electron chi connectivity index (χ1n) is 5.16. The molecule has 0 bridgehead atoms. The average molecular weight is 305 g/mol. The Labute approximate surface area is 117 Å². The van der Waals surface area contributed by atoms with E-state index < -0.39 is 11.7 Å². The van der Waals surface area contributed by atoms with Crippen LogP contribution in [-0.4, -0.2) is 16.2 Å². The highest BCUT2D eigenvalue weighted by Gasteiger charge is 2.30. The number of halogens is 4. The fourth-order valence-electron chi connectivity index (χ4n) is 1.49. The minimum Gasteiger partial charge on any atom is -0.222 e. The van der Waals surface area contributed by atoms with Crippen LogP contribution in [0.5, 0.6) is 0 Å². The molecule has 0 N–H and O–H groups in total. The summed E-state index contributed by atoms with van der Waals surface area (Å²) in [6.07, 6.45) is -2.61. The van der Waals surface area contributed by atoms with Crippen LogP contribution in [0.1, 0.15) is 5.56 Å². The van der Waals surface area contributed by atoms with Gasteiger partial charge < -0.3 is 0 Å². The first-order chi connectivity index (χ1) is 8.90. The van der Waals surface area contributed by atoms with E-state index in [0.717, 1.165) is 12.1 Å². The largest absolute Gasteiger partial charge is 0.416 e. The molecule has 1 aromatic heterocycles. The number of alkyl halides is 3. The lowest BCUT2D eigenvalue weighted by Gasteiger charge is -2.09. The molecule has 0 saturated heterocycles. The summed E-state index contributed by atoms with van der Waals surface area (Å²) in [4.78, 5) is 8.09. The molecule has 7 heteroatoms. The Bertz CT molecular complexity index is 602. The molecule has 0 atom stereocenters. The monoisotopic (exact) mass is 304 g/mol. The molecule has 19 heavy (non-hydrogen) atoms. The van der Waals surface area contributed by atoms with Crippen LogP contribution < -0.4 is 0 Å². The minimum absolute atomic E-state index is 0.201. The predicted molar refractivity (Wildman–Crippen MR) is 69.3 cm³/mol. The van der Waals surface area contributed by atoms with Gasteiger partial charge >= 0.3 is 6.18 Å². The molecule has 0 unspecified atom stereocenters. The maximum Gasteiger partial charge on any atom is 0.416 e. The number of thioether (sulfide) groups is 1. The molecule has 100 valence electrons. The fraction of sp³-hybridized carbons (Fsp3) is 0.167. The van der Waals surface area contributed by atoms with Gasteiger partial charge in [0, 0.05) is 11.6 Å². The van der Waals surface area contributed by atoms with Crippen molar-refractivity contribution in [3.05, 3.63) is 41.0 Å². The smallest absolute Gasteiger partial charge is 0.222 e. The van der Waals surface area contributed by atoms with E-state index in [9.17, 15) is 13.2 Å². The topological polar surface area (TPSA) is 25.8 Å². The number of hydrogen-bond acceptors (Lipinski definition) is 3. The Hall–Kier alpha value is -1.27. The van der Waals surface area contributed by atoms with E-state index in [4.69, 9.17) is 11.6 Å². The molecule has 1 aromatic carbocycles. The SMILES string of the molecule is CSc1nc(Cl)cc(-c2cccc(C(F)(F)F)c2)n1. The number of benzene rings is 1. The quantitative estimate of drug-likeness (QED) is 0.463.